The molecule has 1 atom stereocenters. The number of aliphatic hydroxyl groups is 1. The predicted molar refractivity (Wildman–Crippen MR) is 81.1 cm³/mol. The summed E-state index contributed by atoms with van der Waals surface area (Å²) < 4.78 is 13.7. The number of aliphatic hydroxyl groups excluding tert-OH is 1. The largest absolute Gasteiger partial charge is 0.389 e. The Morgan fingerprint density at radius 1 is 1.24 bits per heavy atom. The molecule has 0 aromatic heterocycles. The second-order valence-corrected chi connectivity index (χ2v) is 4.89. The fourth-order valence-corrected chi connectivity index (χ4v) is 1.94. The molecule has 21 heavy (non-hydrogen) atoms. The Balaban J connectivity index is 2.08. The monoisotopic (exact) mass is 308 g/mol. The number of rotatable bonds is 3. The summed E-state index contributed by atoms with van der Waals surface area (Å²) >= 11 is 5.64. The number of anilines is 2. The summed E-state index contributed by atoms with van der Waals surface area (Å²) in [5.74, 6) is -0.688. The van der Waals surface area contributed by atoms with Gasteiger partial charge >= 0.3 is 6.03 Å². The molecule has 2 aromatic carbocycles. The van der Waals surface area contributed by atoms with Crippen LogP contribution in [0.5, 0.6) is 0 Å². The van der Waals surface area contributed by atoms with Crippen molar-refractivity contribution < 1.29 is 14.3 Å². The summed E-state index contributed by atoms with van der Waals surface area (Å²) in [4.78, 5) is 11.8. The number of carbonyl (C=O) groups is 1. The molecule has 0 aliphatic carbocycles. The molecule has 2 amide bonds. The molecular formula is C15H14ClFN2O2. The van der Waals surface area contributed by atoms with E-state index in [1.807, 2.05) is 0 Å². The number of amides is 2. The number of benzene rings is 2. The van der Waals surface area contributed by atoms with Gasteiger partial charge in [-0.1, -0.05) is 29.8 Å². The van der Waals surface area contributed by atoms with Crippen molar-refractivity contribution in [2.24, 2.45) is 0 Å². The first kappa shape index (κ1) is 15.3. The van der Waals surface area contributed by atoms with E-state index in [-0.39, 0.29) is 10.7 Å². The van der Waals surface area contributed by atoms with Crippen LogP contribution in [0.15, 0.2) is 42.5 Å². The van der Waals surface area contributed by atoms with Gasteiger partial charge in [-0.15, -0.1) is 0 Å². The standard InChI is InChI=1S/C15H14ClFN2O2/c1-9(20)10-4-2-5-11(8-10)18-15(21)19-13-7-3-6-12(16)14(13)17/h2-9,20H,1H3,(H2,18,19,21). The molecule has 0 heterocycles. The highest BCUT2D eigenvalue weighted by Gasteiger charge is 2.10. The van der Waals surface area contributed by atoms with Crippen LogP contribution in [0.25, 0.3) is 0 Å². The lowest BCUT2D eigenvalue weighted by atomic mass is 10.1. The molecule has 3 N–H and O–H groups in total. The van der Waals surface area contributed by atoms with Crippen molar-refractivity contribution in [2.75, 3.05) is 10.6 Å². The van der Waals surface area contributed by atoms with E-state index in [1.165, 1.54) is 18.2 Å². The van der Waals surface area contributed by atoms with Gasteiger partial charge in [0, 0.05) is 5.69 Å². The molecule has 4 nitrogen and oxygen atoms in total. The molecule has 1 unspecified atom stereocenters. The lowest BCUT2D eigenvalue weighted by Crippen LogP contribution is -2.20. The molecular weight excluding hydrogens is 295 g/mol. The normalized spacial score (nSPS) is 11.8. The van der Waals surface area contributed by atoms with Crippen LogP contribution >= 0.6 is 11.6 Å². The zero-order chi connectivity index (χ0) is 15.4. The Morgan fingerprint density at radius 2 is 1.95 bits per heavy atom. The molecule has 0 fully saturated rings. The molecule has 0 aliphatic rings. The van der Waals surface area contributed by atoms with Crippen molar-refractivity contribution in [3.8, 4) is 0 Å². The molecule has 110 valence electrons. The number of hydrogen-bond acceptors (Lipinski definition) is 2. The predicted octanol–water partition coefficient (Wildman–Crippen LogP) is 4.18. The minimum atomic E-state index is -0.688. The number of halogens is 2. The lowest BCUT2D eigenvalue weighted by molar-refractivity contribution is 0.199. The van der Waals surface area contributed by atoms with Crippen LogP contribution < -0.4 is 10.6 Å². The van der Waals surface area contributed by atoms with Crippen LogP contribution in [0.3, 0.4) is 0 Å². The van der Waals surface area contributed by atoms with Gasteiger partial charge in [0.25, 0.3) is 0 Å². The van der Waals surface area contributed by atoms with Crippen molar-refractivity contribution in [3.05, 3.63) is 58.9 Å². The highest BCUT2D eigenvalue weighted by Crippen LogP contribution is 2.22. The first-order chi connectivity index (χ1) is 9.97. The van der Waals surface area contributed by atoms with E-state index < -0.39 is 18.0 Å². The maximum absolute atomic E-state index is 13.7. The van der Waals surface area contributed by atoms with E-state index in [0.717, 1.165) is 0 Å². The molecule has 0 saturated carbocycles. The minimum absolute atomic E-state index is 0.00770. The topological polar surface area (TPSA) is 61.4 Å². The molecule has 0 saturated heterocycles. The van der Waals surface area contributed by atoms with Gasteiger partial charge in [0.15, 0.2) is 5.82 Å². The summed E-state index contributed by atoms with van der Waals surface area (Å²) in [5, 5.41) is 14.4. The van der Waals surface area contributed by atoms with Gasteiger partial charge in [0.2, 0.25) is 0 Å². The average molecular weight is 309 g/mol. The summed E-state index contributed by atoms with van der Waals surface area (Å²) in [6, 6.07) is 10.5. The van der Waals surface area contributed by atoms with Crippen molar-refractivity contribution in [1.29, 1.82) is 0 Å². The Hall–Kier alpha value is -2.11. The van der Waals surface area contributed by atoms with Gasteiger partial charge in [-0.05, 0) is 36.8 Å². The lowest BCUT2D eigenvalue weighted by Gasteiger charge is -2.11. The van der Waals surface area contributed by atoms with Gasteiger partial charge in [-0.3, -0.25) is 0 Å². The molecule has 0 radical (unpaired) electrons. The highest BCUT2D eigenvalue weighted by atomic mass is 35.5. The molecule has 2 rings (SSSR count). The molecule has 2 aromatic rings. The minimum Gasteiger partial charge on any atom is -0.389 e. The highest BCUT2D eigenvalue weighted by molar-refractivity contribution is 6.31. The summed E-state index contributed by atoms with van der Waals surface area (Å²) in [7, 11) is 0. The first-order valence-corrected chi connectivity index (χ1v) is 6.65. The van der Waals surface area contributed by atoms with E-state index in [2.05, 4.69) is 10.6 Å². The van der Waals surface area contributed by atoms with Crippen LogP contribution in [-0.4, -0.2) is 11.1 Å². The SMILES string of the molecule is CC(O)c1cccc(NC(=O)Nc2cccc(Cl)c2F)c1. The number of nitrogens with one attached hydrogen (secondary N) is 2. The summed E-state index contributed by atoms with van der Waals surface area (Å²) in [6.07, 6.45) is -0.639. The number of carbonyl (C=O) groups excluding carboxylic acids is 1. The molecule has 6 heteroatoms. The van der Waals surface area contributed by atoms with E-state index in [1.54, 1.807) is 31.2 Å². The zero-order valence-electron chi connectivity index (χ0n) is 11.2. The quantitative estimate of drug-likeness (QED) is 0.796. The fourth-order valence-electron chi connectivity index (χ4n) is 1.76. The van der Waals surface area contributed by atoms with Crippen molar-refractivity contribution in [1.82, 2.24) is 0 Å². The smallest absolute Gasteiger partial charge is 0.323 e. The molecule has 0 spiro atoms. The Bertz CT molecular complexity index is 662. The second-order valence-electron chi connectivity index (χ2n) is 4.48. The molecule has 0 bridgehead atoms. The zero-order valence-corrected chi connectivity index (χ0v) is 12.0. The summed E-state index contributed by atoms with van der Waals surface area (Å²) in [5.41, 5.74) is 1.15. The van der Waals surface area contributed by atoms with Crippen molar-refractivity contribution in [2.45, 2.75) is 13.0 Å². The Labute approximate surface area is 126 Å². The van der Waals surface area contributed by atoms with E-state index in [9.17, 15) is 14.3 Å². The second kappa shape index (κ2) is 6.56. The third-order valence-electron chi connectivity index (χ3n) is 2.83. The van der Waals surface area contributed by atoms with Crippen molar-refractivity contribution in [3.63, 3.8) is 0 Å². The van der Waals surface area contributed by atoms with Gasteiger partial charge < -0.3 is 15.7 Å². The van der Waals surface area contributed by atoms with Crippen LogP contribution in [0, 0.1) is 5.82 Å². The average Bonchev–Trinajstić information content (AvgIpc) is 2.44. The third-order valence-corrected chi connectivity index (χ3v) is 3.12. The van der Waals surface area contributed by atoms with Crippen LogP contribution in [0.2, 0.25) is 5.02 Å². The van der Waals surface area contributed by atoms with E-state index >= 15 is 0 Å². The van der Waals surface area contributed by atoms with E-state index in [0.29, 0.717) is 11.3 Å². The molecule has 0 aliphatic heterocycles. The third kappa shape index (κ3) is 3.93. The maximum atomic E-state index is 13.7. The number of hydrogen-bond donors (Lipinski definition) is 3. The van der Waals surface area contributed by atoms with Crippen LogP contribution in [0.4, 0.5) is 20.6 Å². The summed E-state index contributed by atoms with van der Waals surface area (Å²) in [6.45, 7) is 1.63. The van der Waals surface area contributed by atoms with Crippen LogP contribution in [0.1, 0.15) is 18.6 Å². The first-order valence-electron chi connectivity index (χ1n) is 6.27. The van der Waals surface area contributed by atoms with Gasteiger partial charge in [-0.25, -0.2) is 9.18 Å². The van der Waals surface area contributed by atoms with Crippen molar-refractivity contribution >= 4 is 29.0 Å². The Morgan fingerprint density at radius 3 is 2.67 bits per heavy atom. The number of urea groups is 1. The van der Waals surface area contributed by atoms with Gasteiger partial charge in [0.05, 0.1) is 16.8 Å². The fraction of sp³-hybridized carbons (Fsp3) is 0.133. The Kier molecular flexibility index (Phi) is 4.77. The van der Waals surface area contributed by atoms with Gasteiger partial charge in [0.1, 0.15) is 0 Å². The maximum Gasteiger partial charge on any atom is 0.323 e. The van der Waals surface area contributed by atoms with Crippen LogP contribution in [-0.2, 0) is 0 Å². The van der Waals surface area contributed by atoms with Gasteiger partial charge in [-0.2, -0.15) is 0 Å². The van der Waals surface area contributed by atoms with E-state index in [4.69, 9.17) is 11.6 Å².